The van der Waals surface area contributed by atoms with Crippen molar-refractivity contribution in [1.82, 2.24) is 9.29 Å². The number of aromatic nitrogens is 1. The van der Waals surface area contributed by atoms with Gasteiger partial charge in [-0.15, -0.1) is 0 Å². The van der Waals surface area contributed by atoms with Gasteiger partial charge in [-0.25, -0.2) is 13.1 Å². The summed E-state index contributed by atoms with van der Waals surface area (Å²) in [5.41, 5.74) is 2.98. The van der Waals surface area contributed by atoms with Crippen molar-refractivity contribution in [3.63, 3.8) is 0 Å². The van der Waals surface area contributed by atoms with Crippen LogP contribution in [0.3, 0.4) is 0 Å². The van der Waals surface area contributed by atoms with Crippen LogP contribution in [0, 0.1) is 25.2 Å². The third-order valence-corrected chi connectivity index (χ3v) is 4.30. The Hall–Kier alpha value is -3.05. The number of nitriles is 1. The zero-order valence-corrected chi connectivity index (χ0v) is 15.7. The lowest BCUT2D eigenvalue weighted by molar-refractivity contribution is -0.115. The molecule has 0 saturated carbocycles. The highest BCUT2D eigenvalue weighted by Crippen LogP contribution is 2.24. The van der Waals surface area contributed by atoms with E-state index in [1.807, 2.05) is 48.7 Å². The summed E-state index contributed by atoms with van der Waals surface area (Å²) in [6, 6.07) is 11.0. The molecule has 0 aliphatic rings. The molecule has 1 aromatic carbocycles. The smallest absolute Gasteiger partial charge is 0.275 e. The Labute approximate surface area is 152 Å². The van der Waals surface area contributed by atoms with E-state index in [-0.39, 0.29) is 5.57 Å². The Kier molecular flexibility index (Phi) is 5.53. The second-order valence-corrected chi connectivity index (χ2v) is 7.48. The number of ether oxygens (including phenoxy) is 1. The van der Waals surface area contributed by atoms with Gasteiger partial charge in [-0.2, -0.15) is 5.26 Å². The summed E-state index contributed by atoms with van der Waals surface area (Å²) < 4.78 is 31.3. The number of hydrogen-bond acceptors (Lipinski definition) is 5. The molecule has 1 N–H and O–H groups in total. The van der Waals surface area contributed by atoms with E-state index < -0.39 is 15.9 Å². The summed E-state index contributed by atoms with van der Waals surface area (Å²) in [5, 5.41) is 9.20. The maximum Gasteiger partial charge on any atom is 0.275 e. The van der Waals surface area contributed by atoms with Gasteiger partial charge in [0, 0.05) is 17.1 Å². The van der Waals surface area contributed by atoms with E-state index in [0.717, 1.165) is 29.1 Å². The molecule has 0 spiro atoms. The van der Waals surface area contributed by atoms with Crippen molar-refractivity contribution in [2.24, 2.45) is 0 Å². The minimum absolute atomic E-state index is 0.287. The lowest BCUT2D eigenvalue weighted by atomic mass is 10.1. The summed E-state index contributed by atoms with van der Waals surface area (Å²) >= 11 is 0. The highest BCUT2D eigenvalue weighted by molar-refractivity contribution is 7.89. The van der Waals surface area contributed by atoms with Crippen molar-refractivity contribution < 1.29 is 17.9 Å². The first-order chi connectivity index (χ1) is 12.2. The maximum absolute atomic E-state index is 11.9. The number of methoxy groups -OCH3 is 1. The van der Waals surface area contributed by atoms with Gasteiger partial charge in [0.2, 0.25) is 10.0 Å². The van der Waals surface area contributed by atoms with Crippen molar-refractivity contribution in [3.8, 4) is 17.5 Å². The molecule has 0 radical (unpaired) electrons. The highest BCUT2D eigenvalue weighted by Gasteiger charge is 2.16. The van der Waals surface area contributed by atoms with Crippen molar-refractivity contribution >= 4 is 22.0 Å². The molecule has 0 saturated heterocycles. The molecular weight excluding hydrogens is 354 g/mol. The standard InChI is InChI=1S/C18H19N3O4S/c1-12-9-14(10-15(11-19)18(22)20-26(4,23)24)13(2)21(12)16-5-7-17(25-3)8-6-16/h5-10H,1-4H3,(H,20,22)/b15-10+. The number of nitrogens with one attached hydrogen (secondary N) is 1. The van der Waals surface area contributed by atoms with E-state index in [9.17, 15) is 18.5 Å². The van der Waals surface area contributed by atoms with E-state index in [1.54, 1.807) is 17.9 Å². The number of sulfonamides is 1. The fraction of sp³-hybridized carbons (Fsp3) is 0.222. The number of nitrogens with zero attached hydrogens (tertiary/aromatic N) is 2. The summed E-state index contributed by atoms with van der Waals surface area (Å²) in [6.45, 7) is 3.75. The van der Waals surface area contributed by atoms with Gasteiger partial charge in [0.1, 0.15) is 17.4 Å². The Morgan fingerprint density at radius 1 is 1.27 bits per heavy atom. The van der Waals surface area contributed by atoms with Crippen LogP contribution >= 0.6 is 0 Å². The molecule has 1 amide bonds. The predicted molar refractivity (Wildman–Crippen MR) is 98.4 cm³/mol. The summed E-state index contributed by atoms with van der Waals surface area (Å²) in [6.07, 6.45) is 2.23. The fourth-order valence-corrected chi connectivity index (χ4v) is 3.04. The van der Waals surface area contributed by atoms with Gasteiger partial charge < -0.3 is 9.30 Å². The van der Waals surface area contributed by atoms with Crippen molar-refractivity contribution in [2.45, 2.75) is 13.8 Å². The van der Waals surface area contributed by atoms with Crippen molar-refractivity contribution in [1.29, 1.82) is 5.26 Å². The molecule has 7 nitrogen and oxygen atoms in total. The summed E-state index contributed by atoms with van der Waals surface area (Å²) in [5.74, 6) is -0.218. The second-order valence-electron chi connectivity index (χ2n) is 5.73. The van der Waals surface area contributed by atoms with Crippen LogP contribution in [0.5, 0.6) is 5.75 Å². The van der Waals surface area contributed by atoms with Gasteiger partial charge >= 0.3 is 0 Å². The van der Waals surface area contributed by atoms with Gasteiger partial charge in [-0.05, 0) is 55.8 Å². The number of amides is 1. The van der Waals surface area contributed by atoms with Crippen LogP contribution in [-0.4, -0.2) is 32.3 Å². The number of aryl methyl sites for hydroxylation is 1. The SMILES string of the molecule is COc1ccc(-n2c(C)cc(/C=C(\C#N)C(=O)NS(C)(=O)=O)c2C)cc1. The van der Waals surface area contributed by atoms with Crippen LogP contribution in [-0.2, 0) is 14.8 Å². The predicted octanol–water partition coefficient (Wildman–Crippen LogP) is 2.09. The first kappa shape index (κ1) is 19.3. The molecule has 0 unspecified atom stereocenters. The van der Waals surface area contributed by atoms with Crippen LogP contribution in [0.2, 0.25) is 0 Å². The topological polar surface area (TPSA) is 101 Å². The zero-order valence-electron chi connectivity index (χ0n) is 14.9. The minimum Gasteiger partial charge on any atom is -0.497 e. The number of rotatable bonds is 5. The molecular formula is C18H19N3O4S. The van der Waals surface area contributed by atoms with E-state index in [4.69, 9.17) is 4.74 Å². The van der Waals surface area contributed by atoms with E-state index in [1.165, 1.54) is 6.08 Å². The lowest BCUT2D eigenvalue weighted by Gasteiger charge is -2.10. The molecule has 136 valence electrons. The van der Waals surface area contributed by atoms with Gasteiger partial charge in [0.05, 0.1) is 13.4 Å². The first-order valence-corrected chi connectivity index (χ1v) is 9.52. The van der Waals surface area contributed by atoms with Crippen LogP contribution in [0.4, 0.5) is 0 Å². The number of carbonyl (C=O) groups is 1. The molecule has 0 fully saturated rings. The number of carbonyl (C=O) groups excluding carboxylic acids is 1. The molecule has 2 aromatic rings. The molecule has 26 heavy (non-hydrogen) atoms. The quantitative estimate of drug-likeness (QED) is 0.639. The molecule has 2 rings (SSSR count). The van der Waals surface area contributed by atoms with Gasteiger partial charge in [0.15, 0.2) is 0 Å². The molecule has 1 aromatic heterocycles. The molecule has 0 atom stereocenters. The van der Waals surface area contributed by atoms with Gasteiger partial charge in [0.25, 0.3) is 5.91 Å². The summed E-state index contributed by atoms with van der Waals surface area (Å²) in [4.78, 5) is 11.9. The maximum atomic E-state index is 11.9. The van der Waals surface area contributed by atoms with Crippen molar-refractivity contribution in [2.75, 3.05) is 13.4 Å². The third-order valence-electron chi connectivity index (χ3n) is 3.74. The first-order valence-electron chi connectivity index (χ1n) is 7.63. The normalized spacial score (nSPS) is 11.7. The molecule has 0 bridgehead atoms. The largest absolute Gasteiger partial charge is 0.497 e. The zero-order chi connectivity index (χ0) is 19.5. The van der Waals surface area contributed by atoms with Gasteiger partial charge in [-0.1, -0.05) is 0 Å². The Balaban J connectivity index is 2.45. The Morgan fingerprint density at radius 2 is 1.88 bits per heavy atom. The van der Waals surface area contributed by atoms with Crippen LogP contribution in [0.1, 0.15) is 17.0 Å². The molecule has 8 heteroatoms. The average molecular weight is 373 g/mol. The second kappa shape index (κ2) is 7.45. The Morgan fingerprint density at radius 3 is 2.38 bits per heavy atom. The fourth-order valence-electron chi connectivity index (χ4n) is 2.59. The third kappa shape index (κ3) is 4.32. The van der Waals surface area contributed by atoms with Crippen molar-refractivity contribution in [3.05, 3.63) is 52.9 Å². The summed E-state index contributed by atoms with van der Waals surface area (Å²) in [7, 11) is -2.15. The number of hydrogen-bond donors (Lipinski definition) is 1. The average Bonchev–Trinajstić information content (AvgIpc) is 2.84. The minimum atomic E-state index is -3.74. The molecule has 0 aliphatic heterocycles. The number of benzene rings is 1. The van der Waals surface area contributed by atoms with Crippen LogP contribution in [0.25, 0.3) is 11.8 Å². The van der Waals surface area contributed by atoms with Gasteiger partial charge in [-0.3, -0.25) is 4.79 Å². The lowest BCUT2D eigenvalue weighted by Crippen LogP contribution is -2.30. The molecule has 0 aliphatic carbocycles. The van der Waals surface area contributed by atoms with E-state index >= 15 is 0 Å². The van der Waals surface area contributed by atoms with E-state index in [2.05, 4.69) is 0 Å². The molecule has 1 heterocycles. The van der Waals surface area contributed by atoms with Crippen LogP contribution < -0.4 is 9.46 Å². The Bertz CT molecular complexity index is 1010. The monoisotopic (exact) mass is 373 g/mol. The van der Waals surface area contributed by atoms with E-state index in [0.29, 0.717) is 5.56 Å². The highest BCUT2D eigenvalue weighted by atomic mass is 32.2. The van der Waals surface area contributed by atoms with Crippen LogP contribution in [0.15, 0.2) is 35.9 Å².